The predicted octanol–water partition coefficient (Wildman–Crippen LogP) is 3.46. The van der Waals surface area contributed by atoms with E-state index >= 15 is 0 Å². The maximum Gasteiger partial charge on any atom is 0.471 e. The lowest BCUT2D eigenvalue weighted by Crippen LogP contribution is -2.49. The van der Waals surface area contributed by atoms with Gasteiger partial charge in [-0.3, -0.25) is 10.4 Å². The molecule has 0 saturated heterocycles. The standard InChI is InChI=1S/C17H15Cl2F3N6O/c1-27-12(15-24-16(29-26-15)17(20,21)22)7-13-14(25-27)23-4-5-28(13)8-9-6-10(18)2-3-11(9)19/h2-3,6-7,23,25H,4-5,8H2,1H3. The normalized spacial score (nSPS) is 17.0. The maximum absolute atomic E-state index is 12.8. The van der Waals surface area contributed by atoms with E-state index in [0.29, 0.717) is 41.2 Å². The van der Waals surface area contributed by atoms with E-state index in [-0.39, 0.29) is 5.82 Å². The number of nitrogens with one attached hydrogen (secondary N) is 2. The Labute approximate surface area is 173 Å². The fraction of sp³-hybridized carbons (Fsp3) is 0.294. The zero-order valence-electron chi connectivity index (χ0n) is 15.0. The molecule has 0 atom stereocenters. The molecule has 0 amide bonds. The smallest absolute Gasteiger partial charge is 0.367 e. The molecule has 0 radical (unpaired) electrons. The van der Waals surface area contributed by atoms with Crippen molar-refractivity contribution >= 4 is 28.9 Å². The summed E-state index contributed by atoms with van der Waals surface area (Å²) in [5.74, 6) is -0.865. The molecule has 0 aliphatic carbocycles. The largest absolute Gasteiger partial charge is 0.471 e. The third kappa shape index (κ3) is 3.95. The molecule has 0 saturated carbocycles. The van der Waals surface area contributed by atoms with Crippen molar-refractivity contribution in [1.29, 1.82) is 0 Å². The van der Waals surface area contributed by atoms with Crippen LogP contribution < -0.4 is 10.7 Å². The van der Waals surface area contributed by atoms with Crippen LogP contribution in [0.4, 0.5) is 13.2 Å². The molecular formula is C17H15Cl2F3N6O. The minimum atomic E-state index is -4.71. The molecule has 3 heterocycles. The lowest BCUT2D eigenvalue weighted by molar-refractivity contribution is -0.159. The molecule has 4 rings (SSSR count). The van der Waals surface area contributed by atoms with E-state index in [1.807, 2.05) is 4.90 Å². The number of hydrazine groups is 1. The fourth-order valence-electron chi connectivity index (χ4n) is 3.09. The number of halogens is 5. The Hall–Kier alpha value is -2.59. The van der Waals surface area contributed by atoms with Crippen molar-refractivity contribution in [2.45, 2.75) is 12.7 Å². The molecule has 7 nitrogen and oxygen atoms in total. The van der Waals surface area contributed by atoms with Crippen LogP contribution in [0.3, 0.4) is 0 Å². The topological polar surface area (TPSA) is 69.5 Å². The number of hydrogen-bond acceptors (Lipinski definition) is 7. The SMILES string of the molecule is CN1NC2=C(C=C1c1noc(C(F)(F)F)n1)N(Cc1cc(Cl)ccc1Cl)CCN2. The highest BCUT2D eigenvalue weighted by molar-refractivity contribution is 6.33. The van der Waals surface area contributed by atoms with Gasteiger partial charge >= 0.3 is 12.1 Å². The molecular weight excluding hydrogens is 432 g/mol. The van der Waals surface area contributed by atoms with E-state index in [9.17, 15) is 13.2 Å². The van der Waals surface area contributed by atoms with Crippen molar-refractivity contribution in [2.75, 3.05) is 20.1 Å². The first-order valence-electron chi connectivity index (χ1n) is 8.53. The second kappa shape index (κ2) is 7.34. The van der Waals surface area contributed by atoms with Crippen molar-refractivity contribution in [1.82, 2.24) is 30.8 Å². The predicted molar refractivity (Wildman–Crippen MR) is 100 cm³/mol. The van der Waals surface area contributed by atoms with E-state index in [0.717, 1.165) is 11.3 Å². The maximum atomic E-state index is 12.8. The first-order chi connectivity index (χ1) is 13.7. The van der Waals surface area contributed by atoms with Gasteiger partial charge in [-0.1, -0.05) is 28.4 Å². The number of aromatic nitrogens is 2. The summed E-state index contributed by atoms with van der Waals surface area (Å²) in [7, 11) is 1.65. The molecule has 29 heavy (non-hydrogen) atoms. The lowest BCUT2D eigenvalue weighted by atomic mass is 10.1. The quantitative estimate of drug-likeness (QED) is 0.747. The monoisotopic (exact) mass is 446 g/mol. The van der Waals surface area contributed by atoms with Gasteiger partial charge < -0.3 is 14.7 Å². The molecule has 1 aromatic heterocycles. The minimum absolute atomic E-state index is 0.176. The Bertz CT molecular complexity index is 1000. The zero-order chi connectivity index (χ0) is 20.8. The second-order valence-corrected chi connectivity index (χ2v) is 7.31. The van der Waals surface area contributed by atoms with Crippen molar-refractivity contribution in [3.63, 3.8) is 0 Å². The third-order valence-electron chi connectivity index (χ3n) is 4.46. The molecule has 0 unspecified atom stereocenters. The number of benzene rings is 1. The van der Waals surface area contributed by atoms with Gasteiger partial charge in [-0.05, 0) is 29.8 Å². The molecule has 2 N–H and O–H groups in total. The van der Waals surface area contributed by atoms with E-state index in [1.54, 1.807) is 31.3 Å². The molecule has 0 fully saturated rings. The van der Waals surface area contributed by atoms with Gasteiger partial charge in [0.1, 0.15) is 11.5 Å². The highest BCUT2D eigenvalue weighted by Gasteiger charge is 2.39. The van der Waals surface area contributed by atoms with Gasteiger partial charge in [0.15, 0.2) is 0 Å². The van der Waals surface area contributed by atoms with Gasteiger partial charge in [0.25, 0.3) is 0 Å². The summed E-state index contributed by atoms with van der Waals surface area (Å²) in [6, 6.07) is 5.22. The van der Waals surface area contributed by atoms with Gasteiger partial charge in [-0.2, -0.15) is 18.2 Å². The summed E-state index contributed by atoms with van der Waals surface area (Å²) in [6.07, 6.45) is -3.01. The van der Waals surface area contributed by atoms with Crippen molar-refractivity contribution in [3.8, 4) is 0 Å². The number of alkyl halides is 3. The van der Waals surface area contributed by atoms with E-state index in [2.05, 4.69) is 25.4 Å². The van der Waals surface area contributed by atoms with Gasteiger partial charge in [0.2, 0.25) is 5.82 Å². The summed E-state index contributed by atoms with van der Waals surface area (Å²) < 4.78 is 42.8. The highest BCUT2D eigenvalue weighted by atomic mass is 35.5. The van der Waals surface area contributed by atoms with Crippen LogP contribution in [0.15, 0.2) is 40.3 Å². The van der Waals surface area contributed by atoms with Gasteiger partial charge in [0.05, 0.1) is 5.70 Å². The van der Waals surface area contributed by atoms with Crippen LogP contribution >= 0.6 is 23.2 Å². The molecule has 2 aliphatic rings. The van der Waals surface area contributed by atoms with Gasteiger partial charge in [-0.25, -0.2) is 0 Å². The first-order valence-corrected chi connectivity index (χ1v) is 9.28. The Morgan fingerprint density at radius 1 is 1.28 bits per heavy atom. The van der Waals surface area contributed by atoms with Crippen LogP contribution in [0.2, 0.25) is 10.0 Å². The molecule has 0 spiro atoms. The summed E-state index contributed by atoms with van der Waals surface area (Å²) in [5, 5.41) is 9.37. The average molecular weight is 447 g/mol. The van der Waals surface area contributed by atoms with Crippen LogP contribution in [0.1, 0.15) is 17.3 Å². The number of nitrogens with zero attached hydrogens (tertiary/aromatic N) is 4. The molecule has 1 aromatic carbocycles. The van der Waals surface area contributed by atoms with Crippen LogP contribution in [0, 0.1) is 0 Å². The van der Waals surface area contributed by atoms with E-state index in [1.165, 1.54) is 5.01 Å². The zero-order valence-corrected chi connectivity index (χ0v) is 16.5. The Balaban J connectivity index is 1.67. The van der Waals surface area contributed by atoms with Gasteiger partial charge in [0, 0.05) is 36.7 Å². The molecule has 2 aromatic rings. The number of hydrogen-bond donors (Lipinski definition) is 2. The second-order valence-electron chi connectivity index (χ2n) is 6.47. The Kier molecular flexibility index (Phi) is 4.99. The van der Waals surface area contributed by atoms with Crippen LogP contribution in [-0.2, 0) is 12.7 Å². The van der Waals surface area contributed by atoms with Crippen LogP contribution in [-0.4, -0.2) is 40.2 Å². The highest BCUT2D eigenvalue weighted by Crippen LogP contribution is 2.31. The average Bonchev–Trinajstić information content (AvgIpc) is 3.15. The van der Waals surface area contributed by atoms with Crippen LogP contribution in [0.5, 0.6) is 0 Å². The minimum Gasteiger partial charge on any atom is -0.367 e. The van der Waals surface area contributed by atoms with Crippen molar-refractivity contribution < 1.29 is 17.7 Å². The third-order valence-corrected chi connectivity index (χ3v) is 5.07. The summed E-state index contributed by atoms with van der Waals surface area (Å²) in [4.78, 5) is 5.51. The lowest BCUT2D eigenvalue weighted by Gasteiger charge is -2.39. The summed E-state index contributed by atoms with van der Waals surface area (Å²) >= 11 is 12.4. The summed E-state index contributed by atoms with van der Waals surface area (Å²) in [5.41, 5.74) is 4.98. The molecule has 154 valence electrons. The van der Waals surface area contributed by atoms with E-state index in [4.69, 9.17) is 23.2 Å². The number of rotatable bonds is 3. The molecule has 0 bridgehead atoms. The number of allylic oxidation sites excluding steroid dienone is 1. The van der Waals surface area contributed by atoms with Crippen LogP contribution in [0.25, 0.3) is 5.70 Å². The summed E-state index contributed by atoms with van der Waals surface area (Å²) in [6.45, 7) is 1.79. The first kappa shape index (κ1) is 19.7. The van der Waals surface area contributed by atoms with Gasteiger partial charge in [-0.15, -0.1) is 0 Å². The Morgan fingerprint density at radius 2 is 2.07 bits per heavy atom. The van der Waals surface area contributed by atoms with Crippen molar-refractivity contribution in [2.24, 2.45) is 0 Å². The fourth-order valence-corrected chi connectivity index (χ4v) is 3.46. The molecule has 2 aliphatic heterocycles. The Morgan fingerprint density at radius 3 is 2.79 bits per heavy atom. The van der Waals surface area contributed by atoms with E-state index < -0.39 is 12.1 Å². The molecule has 12 heteroatoms. The van der Waals surface area contributed by atoms with Crippen molar-refractivity contribution in [3.05, 3.63) is 63.1 Å².